The van der Waals surface area contributed by atoms with E-state index in [0.29, 0.717) is 5.41 Å². The molecule has 1 spiro atoms. The topological polar surface area (TPSA) is 21.3 Å². The van der Waals surface area contributed by atoms with Crippen LogP contribution in [0.1, 0.15) is 52.9 Å². The monoisotopic (exact) mass is 285 g/mol. The normalized spacial score (nSPS) is 32.1. The second-order valence-corrected chi connectivity index (χ2v) is 8.12. The van der Waals surface area contributed by atoms with Crippen LogP contribution in [0.3, 0.4) is 0 Å². The Bertz CT molecular complexity index is 274. The number of thioether (sulfide) groups is 1. The fourth-order valence-corrected chi connectivity index (χ4v) is 4.85. The Kier molecular flexibility index (Phi) is 5.62. The first-order chi connectivity index (χ1) is 9.08. The van der Waals surface area contributed by atoms with Crippen LogP contribution in [-0.2, 0) is 4.74 Å². The van der Waals surface area contributed by atoms with Gasteiger partial charge in [0.05, 0.1) is 5.60 Å². The molecule has 2 rings (SSSR count). The van der Waals surface area contributed by atoms with Crippen LogP contribution in [0, 0.1) is 11.3 Å². The summed E-state index contributed by atoms with van der Waals surface area (Å²) in [5.74, 6) is 3.36. The van der Waals surface area contributed by atoms with Crippen molar-refractivity contribution in [3.8, 4) is 0 Å². The summed E-state index contributed by atoms with van der Waals surface area (Å²) in [6, 6.07) is 0. The first kappa shape index (κ1) is 15.7. The zero-order valence-electron chi connectivity index (χ0n) is 13.0. The van der Waals surface area contributed by atoms with E-state index >= 15 is 0 Å². The SMILES string of the molecule is CCCNCCC(C)(C)C1CCOC2(CCSC2)C1. The van der Waals surface area contributed by atoms with E-state index in [1.807, 2.05) is 0 Å². The Labute approximate surface area is 123 Å². The molecule has 0 aromatic rings. The van der Waals surface area contributed by atoms with Crippen LogP contribution in [0.4, 0.5) is 0 Å². The molecule has 2 fully saturated rings. The average molecular weight is 285 g/mol. The lowest BCUT2D eigenvalue weighted by Gasteiger charge is -2.44. The zero-order chi connectivity index (χ0) is 13.8. The van der Waals surface area contributed by atoms with Gasteiger partial charge in [0.15, 0.2) is 0 Å². The smallest absolute Gasteiger partial charge is 0.0783 e. The van der Waals surface area contributed by atoms with Gasteiger partial charge in [0.25, 0.3) is 0 Å². The second-order valence-electron chi connectivity index (χ2n) is 7.01. The maximum atomic E-state index is 6.16. The third-order valence-corrected chi connectivity index (χ3v) is 6.26. The van der Waals surface area contributed by atoms with E-state index in [0.717, 1.165) is 19.1 Å². The third-order valence-electron chi connectivity index (χ3n) is 5.04. The molecule has 0 aromatic heterocycles. The van der Waals surface area contributed by atoms with Crippen LogP contribution in [0.5, 0.6) is 0 Å². The molecule has 2 heterocycles. The minimum absolute atomic E-state index is 0.238. The standard InChI is InChI=1S/C16H31NOS/c1-4-8-17-9-6-15(2,3)14-5-10-18-16(12-14)7-11-19-13-16/h14,17H,4-13H2,1-3H3. The molecule has 19 heavy (non-hydrogen) atoms. The number of hydrogen-bond donors (Lipinski definition) is 1. The predicted molar refractivity (Wildman–Crippen MR) is 84.9 cm³/mol. The van der Waals surface area contributed by atoms with Crippen molar-refractivity contribution in [1.82, 2.24) is 5.32 Å². The molecule has 0 saturated carbocycles. The van der Waals surface area contributed by atoms with Crippen molar-refractivity contribution in [3.63, 3.8) is 0 Å². The molecule has 2 saturated heterocycles. The summed E-state index contributed by atoms with van der Waals surface area (Å²) in [5.41, 5.74) is 0.687. The maximum Gasteiger partial charge on any atom is 0.0783 e. The largest absolute Gasteiger partial charge is 0.374 e. The molecule has 2 aliphatic rings. The first-order valence-corrected chi connectivity index (χ1v) is 9.16. The molecule has 112 valence electrons. The van der Waals surface area contributed by atoms with Gasteiger partial charge < -0.3 is 10.1 Å². The molecule has 2 unspecified atom stereocenters. The highest BCUT2D eigenvalue weighted by Gasteiger charge is 2.44. The quantitative estimate of drug-likeness (QED) is 0.752. The second kappa shape index (κ2) is 6.82. The number of ether oxygens (including phenoxy) is 1. The van der Waals surface area contributed by atoms with Gasteiger partial charge in [-0.3, -0.25) is 0 Å². The summed E-state index contributed by atoms with van der Waals surface area (Å²) in [7, 11) is 0. The summed E-state index contributed by atoms with van der Waals surface area (Å²) >= 11 is 2.08. The molecular weight excluding hydrogens is 254 g/mol. The molecule has 0 bridgehead atoms. The number of rotatable bonds is 6. The highest BCUT2D eigenvalue weighted by molar-refractivity contribution is 7.99. The van der Waals surface area contributed by atoms with E-state index in [1.54, 1.807) is 0 Å². The number of hydrogen-bond acceptors (Lipinski definition) is 3. The lowest BCUT2D eigenvalue weighted by molar-refractivity contribution is -0.101. The van der Waals surface area contributed by atoms with Gasteiger partial charge in [-0.25, -0.2) is 0 Å². The molecule has 2 aliphatic heterocycles. The van der Waals surface area contributed by atoms with Crippen LogP contribution in [0.15, 0.2) is 0 Å². The summed E-state index contributed by atoms with van der Waals surface area (Å²) in [6.45, 7) is 10.5. The molecule has 2 atom stereocenters. The zero-order valence-corrected chi connectivity index (χ0v) is 13.8. The van der Waals surface area contributed by atoms with Crippen molar-refractivity contribution in [1.29, 1.82) is 0 Å². The van der Waals surface area contributed by atoms with Crippen LogP contribution in [0.2, 0.25) is 0 Å². The Balaban J connectivity index is 1.84. The Hall–Kier alpha value is 0.270. The minimum Gasteiger partial charge on any atom is -0.374 e. The van der Waals surface area contributed by atoms with Crippen molar-refractivity contribution in [2.75, 3.05) is 31.2 Å². The fourth-order valence-electron chi connectivity index (χ4n) is 3.47. The molecule has 0 amide bonds. The summed E-state index contributed by atoms with van der Waals surface area (Å²) in [6.07, 6.45) is 6.35. The van der Waals surface area contributed by atoms with Gasteiger partial charge in [0, 0.05) is 12.4 Å². The van der Waals surface area contributed by atoms with Gasteiger partial charge in [0.2, 0.25) is 0 Å². The third kappa shape index (κ3) is 4.12. The molecule has 1 N–H and O–H groups in total. The van der Waals surface area contributed by atoms with E-state index in [1.165, 1.54) is 50.2 Å². The fraction of sp³-hybridized carbons (Fsp3) is 1.00. The lowest BCUT2D eigenvalue weighted by atomic mass is 9.68. The van der Waals surface area contributed by atoms with Gasteiger partial charge in [-0.05, 0) is 62.3 Å². The number of nitrogens with one attached hydrogen (secondary N) is 1. The first-order valence-electron chi connectivity index (χ1n) is 8.00. The summed E-state index contributed by atoms with van der Waals surface area (Å²) in [5, 5.41) is 3.56. The summed E-state index contributed by atoms with van der Waals surface area (Å²) < 4.78 is 6.16. The van der Waals surface area contributed by atoms with Gasteiger partial charge in [-0.1, -0.05) is 20.8 Å². The van der Waals surface area contributed by atoms with Crippen LogP contribution >= 0.6 is 11.8 Å². The Morgan fingerprint density at radius 2 is 2.21 bits per heavy atom. The molecule has 2 nitrogen and oxygen atoms in total. The highest BCUT2D eigenvalue weighted by Crippen LogP contribution is 2.46. The van der Waals surface area contributed by atoms with E-state index in [4.69, 9.17) is 4.74 Å². The Morgan fingerprint density at radius 1 is 1.37 bits per heavy atom. The van der Waals surface area contributed by atoms with Crippen LogP contribution < -0.4 is 5.32 Å². The van der Waals surface area contributed by atoms with E-state index in [9.17, 15) is 0 Å². The summed E-state index contributed by atoms with van der Waals surface area (Å²) in [4.78, 5) is 0. The maximum absolute atomic E-state index is 6.16. The molecule has 3 heteroatoms. The minimum atomic E-state index is 0.238. The van der Waals surface area contributed by atoms with Crippen molar-refractivity contribution in [3.05, 3.63) is 0 Å². The van der Waals surface area contributed by atoms with Crippen molar-refractivity contribution >= 4 is 11.8 Å². The molecule has 0 aliphatic carbocycles. The average Bonchev–Trinajstić information content (AvgIpc) is 2.83. The van der Waals surface area contributed by atoms with Crippen molar-refractivity contribution < 1.29 is 4.74 Å². The molecule has 0 aromatic carbocycles. The van der Waals surface area contributed by atoms with Crippen LogP contribution in [0.25, 0.3) is 0 Å². The van der Waals surface area contributed by atoms with Crippen molar-refractivity contribution in [2.45, 2.75) is 58.5 Å². The van der Waals surface area contributed by atoms with Crippen LogP contribution in [-0.4, -0.2) is 36.8 Å². The van der Waals surface area contributed by atoms with Crippen molar-refractivity contribution in [2.24, 2.45) is 11.3 Å². The van der Waals surface area contributed by atoms with Gasteiger partial charge in [-0.15, -0.1) is 0 Å². The predicted octanol–water partition coefficient (Wildman–Crippen LogP) is 3.70. The molecular formula is C16H31NOS. The van der Waals surface area contributed by atoms with Gasteiger partial charge >= 0.3 is 0 Å². The van der Waals surface area contributed by atoms with E-state index < -0.39 is 0 Å². The van der Waals surface area contributed by atoms with Gasteiger partial charge in [0.1, 0.15) is 0 Å². The van der Waals surface area contributed by atoms with E-state index in [-0.39, 0.29) is 5.60 Å². The Morgan fingerprint density at radius 3 is 2.89 bits per heavy atom. The van der Waals surface area contributed by atoms with Gasteiger partial charge in [-0.2, -0.15) is 11.8 Å². The lowest BCUT2D eigenvalue weighted by Crippen LogP contribution is -2.44. The highest BCUT2D eigenvalue weighted by atomic mass is 32.2. The van der Waals surface area contributed by atoms with E-state index in [2.05, 4.69) is 37.8 Å². The molecule has 0 radical (unpaired) electrons.